The molecule has 0 unspecified atom stereocenters. The van der Waals surface area contributed by atoms with Crippen molar-refractivity contribution in [2.45, 2.75) is 37.1 Å². The molecule has 3 atom stereocenters. The minimum Gasteiger partial charge on any atom is -0.481 e. The average Bonchev–Trinajstić information content (AvgIpc) is 3.05. The predicted octanol–water partition coefficient (Wildman–Crippen LogP) is 0.373. The Morgan fingerprint density at radius 1 is 1.45 bits per heavy atom. The highest BCUT2D eigenvalue weighted by atomic mass is 32.2. The maximum absolute atomic E-state index is 12.6. The molecule has 1 N–H and O–H groups in total. The van der Waals surface area contributed by atoms with E-state index in [-0.39, 0.29) is 23.2 Å². The minimum absolute atomic E-state index is 0.0461. The first-order chi connectivity index (χ1) is 9.42. The zero-order valence-electron chi connectivity index (χ0n) is 11.4. The number of hydrogen-bond donors (Lipinski definition) is 1. The third-order valence-electron chi connectivity index (χ3n) is 4.58. The molecule has 3 fully saturated rings. The summed E-state index contributed by atoms with van der Waals surface area (Å²) in [6, 6.07) is -0.410. The van der Waals surface area contributed by atoms with Crippen molar-refractivity contribution in [3.8, 4) is 0 Å². The number of thioether (sulfide) groups is 1. The number of likely N-dealkylation sites (tertiary alicyclic amines) is 1. The highest BCUT2D eigenvalue weighted by molar-refractivity contribution is 8.01. The second-order valence-electron chi connectivity index (χ2n) is 5.87. The lowest BCUT2D eigenvalue weighted by Gasteiger charge is -2.31. The van der Waals surface area contributed by atoms with Crippen LogP contribution in [0.1, 0.15) is 26.2 Å². The first-order valence-corrected chi connectivity index (χ1v) is 7.89. The van der Waals surface area contributed by atoms with Crippen LogP contribution in [0.15, 0.2) is 0 Å². The van der Waals surface area contributed by atoms with Crippen molar-refractivity contribution >= 4 is 29.5 Å². The van der Waals surface area contributed by atoms with Crippen LogP contribution >= 0.6 is 11.8 Å². The van der Waals surface area contributed by atoms with Gasteiger partial charge < -0.3 is 14.9 Å². The van der Waals surface area contributed by atoms with E-state index in [1.807, 2.05) is 6.92 Å². The Morgan fingerprint density at radius 2 is 2.20 bits per heavy atom. The molecule has 0 spiro atoms. The van der Waals surface area contributed by atoms with Gasteiger partial charge in [0.25, 0.3) is 0 Å². The number of carbonyl (C=O) groups is 3. The van der Waals surface area contributed by atoms with Crippen molar-refractivity contribution in [2.24, 2.45) is 5.92 Å². The van der Waals surface area contributed by atoms with Crippen molar-refractivity contribution in [1.29, 1.82) is 0 Å². The van der Waals surface area contributed by atoms with Crippen molar-refractivity contribution in [3.63, 3.8) is 0 Å². The summed E-state index contributed by atoms with van der Waals surface area (Å²) in [7, 11) is 0. The van der Waals surface area contributed by atoms with Crippen LogP contribution in [0, 0.1) is 5.92 Å². The number of hydrogen-bond acceptors (Lipinski definition) is 4. The molecule has 0 aromatic heterocycles. The van der Waals surface area contributed by atoms with Gasteiger partial charge in [0.1, 0.15) is 6.04 Å². The largest absolute Gasteiger partial charge is 0.481 e. The summed E-state index contributed by atoms with van der Waals surface area (Å²) < 4.78 is 0. The van der Waals surface area contributed by atoms with Crippen LogP contribution in [-0.2, 0) is 14.4 Å². The summed E-state index contributed by atoms with van der Waals surface area (Å²) in [6.07, 6.45) is 1.80. The van der Waals surface area contributed by atoms with E-state index in [0.29, 0.717) is 25.1 Å². The highest BCUT2D eigenvalue weighted by Gasteiger charge is 2.54. The standard InChI is InChI=1S/C13H18N2O4S/c1-13-4-2-10(16)15(13)9(7-20-13)11(17)14-5-3-8(6-14)12(18)19/h8-9H,2-7H2,1H3,(H,18,19)/t8-,9-,13+/m1/s1. The molecule has 6 nitrogen and oxygen atoms in total. The van der Waals surface area contributed by atoms with Gasteiger partial charge in [0.2, 0.25) is 11.8 Å². The summed E-state index contributed by atoms with van der Waals surface area (Å²) in [5.74, 6) is -0.725. The summed E-state index contributed by atoms with van der Waals surface area (Å²) in [6.45, 7) is 2.77. The zero-order chi connectivity index (χ0) is 14.5. The molecule has 3 heterocycles. The van der Waals surface area contributed by atoms with Gasteiger partial charge in [0.15, 0.2) is 0 Å². The molecule has 0 radical (unpaired) electrons. The topological polar surface area (TPSA) is 77.9 Å². The molecule has 0 bridgehead atoms. The quantitative estimate of drug-likeness (QED) is 0.797. The van der Waals surface area contributed by atoms with Crippen LogP contribution < -0.4 is 0 Å². The van der Waals surface area contributed by atoms with Gasteiger partial charge in [-0.1, -0.05) is 0 Å². The van der Waals surface area contributed by atoms with Gasteiger partial charge in [0, 0.05) is 25.3 Å². The van der Waals surface area contributed by atoms with E-state index in [2.05, 4.69) is 0 Å². The van der Waals surface area contributed by atoms with Crippen LogP contribution in [0.3, 0.4) is 0 Å². The minimum atomic E-state index is -0.844. The molecule has 110 valence electrons. The molecule has 3 saturated heterocycles. The van der Waals surface area contributed by atoms with Crippen molar-refractivity contribution in [2.75, 3.05) is 18.8 Å². The molecule has 3 aliphatic heterocycles. The van der Waals surface area contributed by atoms with E-state index >= 15 is 0 Å². The number of carbonyl (C=O) groups excluding carboxylic acids is 2. The summed E-state index contributed by atoms with van der Waals surface area (Å²) >= 11 is 1.66. The highest BCUT2D eigenvalue weighted by Crippen LogP contribution is 2.47. The van der Waals surface area contributed by atoms with E-state index in [0.717, 1.165) is 6.42 Å². The molecular weight excluding hydrogens is 280 g/mol. The number of fused-ring (bicyclic) bond motifs is 1. The number of carboxylic acid groups (broad SMARTS) is 1. The molecule has 20 heavy (non-hydrogen) atoms. The lowest BCUT2D eigenvalue weighted by atomic mass is 10.1. The van der Waals surface area contributed by atoms with Crippen LogP contribution in [0.4, 0.5) is 0 Å². The van der Waals surface area contributed by atoms with E-state index in [9.17, 15) is 14.4 Å². The number of nitrogens with zero attached hydrogens (tertiary/aromatic N) is 2. The van der Waals surface area contributed by atoms with E-state index < -0.39 is 17.9 Å². The fourth-order valence-corrected chi connectivity index (χ4v) is 4.80. The van der Waals surface area contributed by atoms with Gasteiger partial charge >= 0.3 is 5.97 Å². The first kappa shape index (κ1) is 13.7. The molecule has 2 amide bonds. The molecule has 0 aliphatic carbocycles. The lowest BCUT2D eigenvalue weighted by Crippen LogP contribution is -2.51. The SMILES string of the molecule is C[C@]12CCC(=O)N1[C@@H](C(=O)N1CC[C@@H](C(=O)O)C1)CS2. The summed E-state index contributed by atoms with van der Waals surface area (Å²) in [4.78, 5) is 38.6. The van der Waals surface area contributed by atoms with Crippen molar-refractivity contribution in [1.82, 2.24) is 9.80 Å². The van der Waals surface area contributed by atoms with Crippen LogP contribution in [0.25, 0.3) is 0 Å². The Balaban J connectivity index is 1.72. The smallest absolute Gasteiger partial charge is 0.308 e. The fourth-order valence-electron chi connectivity index (χ4n) is 3.38. The van der Waals surface area contributed by atoms with E-state index in [1.54, 1.807) is 21.6 Å². The number of amides is 2. The Kier molecular flexibility index (Phi) is 3.19. The summed E-state index contributed by atoms with van der Waals surface area (Å²) in [5.41, 5.74) is 0. The van der Waals surface area contributed by atoms with Crippen LogP contribution in [0.5, 0.6) is 0 Å². The maximum atomic E-state index is 12.6. The maximum Gasteiger partial charge on any atom is 0.308 e. The van der Waals surface area contributed by atoms with E-state index in [1.165, 1.54) is 0 Å². The zero-order valence-corrected chi connectivity index (χ0v) is 12.2. The predicted molar refractivity (Wildman–Crippen MR) is 73.1 cm³/mol. The Labute approximate surface area is 121 Å². The average molecular weight is 298 g/mol. The Morgan fingerprint density at radius 3 is 2.85 bits per heavy atom. The van der Waals surface area contributed by atoms with Crippen molar-refractivity contribution < 1.29 is 19.5 Å². The van der Waals surface area contributed by atoms with Crippen LogP contribution in [-0.4, -0.2) is 62.4 Å². The molecule has 0 aromatic rings. The Bertz CT molecular complexity index is 483. The Hall–Kier alpha value is -1.24. The van der Waals surface area contributed by atoms with Gasteiger partial charge in [0.05, 0.1) is 10.8 Å². The van der Waals surface area contributed by atoms with E-state index in [4.69, 9.17) is 5.11 Å². The molecule has 0 aromatic carbocycles. The van der Waals surface area contributed by atoms with Gasteiger partial charge in [-0.2, -0.15) is 0 Å². The normalized spacial score (nSPS) is 36.5. The molecule has 3 aliphatic rings. The number of carboxylic acids is 1. The van der Waals surface area contributed by atoms with Gasteiger partial charge in [-0.15, -0.1) is 11.8 Å². The molecular formula is C13H18N2O4S. The van der Waals surface area contributed by atoms with Crippen molar-refractivity contribution in [3.05, 3.63) is 0 Å². The second-order valence-corrected chi connectivity index (χ2v) is 7.38. The third kappa shape index (κ3) is 1.99. The van der Waals surface area contributed by atoms with Crippen LogP contribution in [0.2, 0.25) is 0 Å². The second kappa shape index (κ2) is 4.65. The van der Waals surface area contributed by atoms with Gasteiger partial charge in [-0.05, 0) is 19.8 Å². The first-order valence-electron chi connectivity index (χ1n) is 6.90. The summed E-state index contributed by atoms with van der Waals surface area (Å²) in [5, 5.41) is 9.00. The van der Waals surface area contributed by atoms with Gasteiger partial charge in [-0.3, -0.25) is 14.4 Å². The molecule has 3 rings (SSSR count). The van der Waals surface area contributed by atoms with Gasteiger partial charge in [-0.25, -0.2) is 0 Å². The fraction of sp³-hybridized carbons (Fsp3) is 0.769. The lowest BCUT2D eigenvalue weighted by molar-refractivity contribution is -0.144. The third-order valence-corrected chi connectivity index (χ3v) is 6.08. The number of aliphatic carboxylic acids is 1. The number of rotatable bonds is 2. The molecule has 0 saturated carbocycles. The monoisotopic (exact) mass is 298 g/mol. The molecule has 7 heteroatoms.